The molecule has 6 nitrogen and oxygen atoms in total. The number of rotatable bonds is 6. The van der Waals surface area contributed by atoms with Crippen LogP contribution in [0.4, 0.5) is 17.1 Å². The highest BCUT2D eigenvalue weighted by atomic mass is 35.5. The summed E-state index contributed by atoms with van der Waals surface area (Å²) >= 11 is 18.1. The molecule has 0 aromatic heterocycles. The Morgan fingerprint density at radius 1 is 0.800 bits per heavy atom. The molecule has 4 rings (SSSR count). The lowest BCUT2D eigenvalue weighted by molar-refractivity contribution is -0.120. The molecule has 0 saturated carbocycles. The van der Waals surface area contributed by atoms with Crippen molar-refractivity contribution in [1.29, 1.82) is 0 Å². The molecule has 2 N–H and O–H groups in total. The molecule has 9 heteroatoms. The number of benzene rings is 3. The lowest BCUT2D eigenvalue weighted by Crippen LogP contribution is -2.32. The molecule has 3 aromatic carbocycles. The van der Waals surface area contributed by atoms with E-state index in [-0.39, 0.29) is 16.6 Å². The molecule has 1 heterocycles. The molecule has 0 spiro atoms. The number of hydrogen-bond acceptors (Lipinski definition) is 4. The van der Waals surface area contributed by atoms with E-state index in [4.69, 9.17) is 34.8 Å². The van der Waals surface area contributed by atoms with Crippen LogP contribution in [0.1, 0.15) is 35.7 Å². The van der Waals surface area contributed by atoms with Gasteiger partial charge in [-0.25, -0.2) is 4.90 Å². The standard InChI is InChI=1S/C26H20Cl3N3O3/c1-14(2)15-5-10-19(11-6-15)32-25(34)22(29)23(26(32)35)30-17-7-3-16(4-8-17)24(33)31-18-9-12-20(27)21(28)13-18/h3-14,30H,1-2H3,(H,31,33). The van der Waals surface area contributed by atoms with Gasteiger partial charge in [-0.2, -0.15) is 0 Å². The SMILES string of the molecule is CC(C)c1ccc(N2C(=O)C(Cl)=C(Nc3ccc(C(=O)Nc4ccc(Cl)c(Cl)c4)cc3)C2=O)cc1. The minimum Gasteiger partial charge on any atom is -0.350 e. The van der Waals surface area contributed by atoms with Crippen molar-refractivity contribution in [1.82, 2.24) is 0 Å². The smallest absolute Gasteiger partial charge is 0.283 e. The number of halogens is 3. The molecule has 35 heavy (non-hydrogen) atoms. The van der Waals surface area contributed by atoms with E-state index in [0.29, 0.717) is 38.6 Å². The van der Waals surface area contributed by atoms with E-state index in [1.54, 1.807) is 54.6 Å². The van der Waals surface area contributed by atoms with Crippen LogP contribution < -0.4 is 15.5 Å². The number of hydrogen-bond donors (Lipinski definition) is 2. The van der Waals surface area contributed by atoms with Crippen molar-refractivity contribution in [2.24, 2.45) is 0 Å². The molecule has 178 valence electrons. The van der Waals surface area contributed by atoms with Gasteiger partial charge in [0.25, 0.3) is 17.7 Å². The quantitative estimate of drug-likeness (QED) is 0.345. The molecule has 3 aromatic rings. The molecule has 1 aliphatic rings. The number of amides is 3. The van der Waals surface area contributed by atoms with Crippen molar-refractivity contribution in [3.63, 3.8) is 0 Å². The zero-order valence-corrected chi connectivity index (χ0v) is 21.0. The first-order chi connectivity index (χ1) is 16.7. The molecule has 0 aliphatic carbocycles. The molecule has 1 aliphatic heterocycles. The van der Waals surface area contributed by atoms with Crippen LogP contribution in [-0.2, 0) is 9.59 Å². The Balaban J connectivity index is 1.46. The number of nitrogens with zero attached hydrogens (tertiary/aromatic N) is 1. The first kappa shape index (κ1) is 24.8. The second-order valence-corrected chi connectivity index (χ2v) is 9.36. The molecule has 0 fully saturated rings. The average Bonchev–Trinajstić information content (AvgIpc) is 3.05. The van der Waals surface area contributed by atoms with Gasteiger partial charge in [-0.1, -0.05) is 60.8 Å². The van der Waals surface area contributed by atoms with E-state index in [9.17, 15) is 14.4 Å². The molecule has 0 unspecified atom stereocenters. The van der Waals surface area contributed by atoms with Crippen LogP contribution in [0.5, 0.6) is 0 Å². The van der Waals surface area contributed by atoms with E-state index in [0.717, 1.165) is 10.5 Å². The van der Waals surface area contributed by atoms with E-state index < -0.39 is 11.8 Å². The Labute approximate surface area is 217 Å². The normalized spacial score (nSPS) is 13.6. The van der Waals surface area contributed by atoms with Crippen LogP contribution in [0.15, 0.2) is 77.5 Å². The number of carbonyl (C=O) groups excluding carboxylic acids is 3. The van der Waals surface area contributed by atoms with Crippen LogP contribution in [0.2, 0.25) is 10.0 Å². The molecule has 0 atom stereocenters. The molecular weight excluding hydrogens is 509 g/mol. The van der Waals surface area contributed by atoms with Gasteiger partial charge in [0, 0.05) is 16.9 Å². The second-order valence-electron chi connectivity index (χ2n) is 8.17. The summed E-state index contributed by atoms with van der Waals surface area (Å²) in [6, 6.07) is 18.4. The van der Waals surface area contributed by atoms with Crippen LogP contribution in [0.3, 0.4) is 0 Å². The molecule has 0 radical (unpaired) electrons. The fourth-order valence-electron chi connectivity index (χ4n) is 3.48. The summed E-state index contributed by atoms with van der Waals surface area (Å²) < 4.78 is 0. The lowest BCUT2D eigenvalue weighted by Gasteiger charge is -2.16. The highest BCUT2D eigenvalue weighted by Gasteiger charge is 2.39. The zero-order valence-electron chi connectivity index (χ0n) is 18.7. The number of imide groups is 1. The Bertz CT molecular complexity index is 1350. The fraction of sp³-hybridized carbons (Fsp3) is 0.115. The van der Waals surface area contributed by atoms with Crippen LogP contribution in [0, 0.1) is 0 Å². The first-order valence-electron chi connectivity index (χ1n) is 10.7. The zero-order chi connectivity index (χ0) is 25.3. The van der Waals surface area contributed by atoms with Crippen molar-refractivity contribution >= 4 is 69.6 Å². The van der Waals surface area contributed by atoms with Crippen molar-refractivity contribution < 1.29 is 14.4 Å². The maximum absolute atomic E-state index is 13.0. The molecular formula is C26H20Cl3N3O3. The molecule has 0 bridgehead atoms. The Morgan fingerprint density at radius 2 is 1.43 bits per heavy atom. The third-order valence-electron chi connectivity index (χ3n) is 5.44. The predicted molar refractivity (Wildman–Crippen MR) is 140 cm³/mol. The minimum absolute atomic E-state index is 0.0300. The highest BCUT2D eigenvalue weighted by molar-refractivity contribution is 6.53. The van der Waals surface area contributed by atoms with Gasteiger partial charge in [0.2, 0.25) is 0 Å². The summed E-state index contributed by atoms with van der Waals surface area (Å²) in [4.78, 5) is 39.3. The molecule has 3 amide bonds. The van der Waals surface area contributed by atoms with Crippen LogP contribution in [0.25, 0.3) is 0 Å². The number of anilines is 3. The first-order valence-corrected chi connectivity index (χ1v) is 11.8. The number of nitrogens with one attached hydrogen (secondary N) is 2. The Hall–Kier alpha value is -3.32. The second kappa shape index (κ2) is 10.1. The van der Waals surface area contributed by atoms with E-state index in [2.05, 4.69) is 24.5 Å². The number of carbonyl (C=O) groups is 3. The predicted octanol–water partition coefficient (Wildman–Crippen LogP) is 6.80. The van der Waals surface area contributed by atoms with Crippen LogP contribution in [-0.4, -0.2) is 17.7 Å². The molecule has 0 saturated heterocycles. The Morgan fingerprint density at radius 3 is 2.03 bits per heavy atom. The Kier molecular flexibility index (Phi) is 7.17. The van der Waals surface area contributed by atoms with E-state index >= 15 is 0 Å². The fourth-order valence-corrected chi connectivity index (χ4v) is 3.99. The van der Waals surface area contributed by atoms with Gasteiger partial charge in [-0.05, 0) is 66.1 Å². The van der Waals surface area contributed by atoms with E-state index in [1.807, 2.05) is 12.1 Å². The summed E-state index contributed by atoms with van der Waals surface area (Å²) in [5, 5.41) is 6.15. The van der Waals surface area contributed by atoms with Crippen LogP contribution >= 0.6 is 34.8 Å². The van der Waals surface area contributed by atoms with Gasteiger partial charge in [0.05, 0.1) is 15.7 Å². The third-order valence-corrected chi connectivity index (χ3v) is 6.53. The van der Waals surface area contributed by atoms with Gasteiger partial charge in [-0.3, -0.25) is 14.4 Å². The van der Waals surface area contributed by atoms with Gasteiger partial charge < -0.3 is 10.6 Å². The van der Waals surface area contributed by atoms with Gasteiger partial charge >= 0.3 is 0 Å². The third kappa shape index (κ3) is 5.20. The van der Waals surface area contributed by atoms with Crippen molar-refractivity contribution in [2.45, 2.75) is 19.8 Å². The van der Waals surface area contributed by atoms with Gasteiger partial charge in [-0.15, -0.1) is 0 Å². The van der Waals surface area contributed by atoms with Gasteiger partial charge in [0.1, 0.15) is 10.7 Å². The summed E-state index contributed by atoms with van der Waals surface area (Å²) in [7, 11) is 0. The maximum Gasteiger partial charge on any atom is 0.283 e. The van der Waals surface area contributed by atoms with Gasteiger partial charge in [0.15, 0.2) is 0 Å². The summed E-state index contributed by atoms with van der Waals surface area (Å²) in [5.74, 6) is -1.19. The minimum atomic E-state index is -0.603. The maximum atomic E-state index is 13.0. The highest BCUT2D eigenvalue weighted by Crippen LogP contribution is 2.31. The summed E-state index contributed by atoms with van der Waals surface area (Å²) in [6.45, 7) is 4.12. The average molecular weight is 529 g/mol. The lowest BCUT2D eigenvalue weighted by atomic mass is 10.0. The van der Waals surface area contributed by atoms with Crippen molar-refractivity contribution in [3.05, 3.63) is 98.6 Å². The van der Waals surface area contributed by atoms with Crippen molar-refractivity contribution in [2.75, 3.05) is 15.5 Å². The summed E-state index contributed by atoms with van der Waals surface area (Å²) in [5.41, 5.74) is 2.87. The largest absolute Gasteiger partial charge is 0.350 e. The topological polar surface area (TPSA) is 78.5 Å². The van der Waals surface area contributed by atoms with Crippen molar-refractivity contribution in [3.8, 4) is 0 Å². The monoisotopic (exact) mass is 527 g/mol. The summed E-state index contributed by atoms with van der Waals surface area (Å²) in [6.07, 6.45) is 0. The van der Waals surface area contributed by atoms with E-state index in [1.165, 1.54) is 0 Å².